The van der Waals surface area contributed by atoms with E-state index in [4.69, 9.17) is 9.47 Å². The highest BCUT2D eigenvalue weighted by Crippen LogP contribution is 2.33. The van der Waals surface area contributed by atoms with E-state index >= 15 is 0 Å². The summed E-state index contributed by atoms with van der Waals surface area (Å²) >= 11 is 0. The number of aryl methyl sites for hydroxylation is 2. The standard InChI is InChI=1S/C26H22N4O2/c1-16-13-19(30-26-21-11-10-20(31-3)14-22(21)27-15-28-26)9-12-23(16)32-24-6-4-5-18-8-7-17(2)29-25(18)24/h4-15H,1-3H3,(H,27,28,30). The average molecular weight is 422 g/mol. The maximum absolute atomic E-state index is 6.25. The van der Waals surface area contributed by atoms with Gasteiger partial charge in [0, 0.05) is 28.2 Å². The van der Waals surface area contributed by atoms with E-state index in [-0.39, 0.29) is 0 Å². The second-order valence-electron chi connectivity index (χ2n) is 7.59. The van der Waals surface area contributed by atoms with Gasteiger partial charge in [0.25, 0.3) is 0 Å². The smallest absolute Gasteiger partial charge is 0.153 e. The van der Waals surface area contributed by atoms with E-state index in [0.717, 1.165) is 61.8 Å². The molecule has 0 amide bonds. The Kier molecular flexibility index (Phi) is 5.03. The maximum atomic E-state index is 6.25. The minimum Gasteiger partial charge on any atom is -0.497 e. The topological polar surface area (TPSA) is 69.2 Å². The Bertz CT molecular complexity index is 1450. The van der Waals surface area contributed by atoms with Gasteiger partial charge >= 0.3 is 0 Å². The quantitative estimate of drug-likeness (QED) is 0.356. The summed E-state index contributed by atoms with van der Waals surface area (Å²) in [4.78, 5) is 13.4. The zero-order valence-corrected chi connectivity index (χ0v) is 18.1. The molecule has 5 aromatic rings. The Morgan fingerprint density at radius 2 is 1.75 bits per heavy atom. The predicted octanol–water partition coefficient (Wildman–Crippen LogP) is 6.34. The highest BCUT2D eigenvalue weighted by Gasteiger charge is 2.10. The van der Waals surface area contributed by atoms with E-state index in [1.165, 1.54) is 0 Å². The summed E-state index contributed by atoms with van der Waals surface area (Å²) in [6.45, 7) is 4.00. The summed E-state index contributed by atoms with van der Waals surface area (Å²) in [6.07, 6.45) is 1.55. The normalized spacial score (nSPS) is 11.0. The highest BCUT2D eigenvalue weighted by atomic mass is 16.5. The summed E-state index contributed by atoms with van der Waals surface area (Å²) < 4.78 is 11.5. The maximum Gasteiger partial charge on any atom is 0.153 e. The fraction of sp³-hybridized carbons (Fsp3) is 0.115. The lowest BCUT2D eigenvalue weighted by Crippen LogP contribution is -1.97. The number of nitrogens with zero attached hydrogens (tertiary/aromatic N) is 3. The summed E-state index contributed by atoms with van der Waals surface area (Å²) in [6, 6.07) is 21.8. The number of methoxy groups -OCH3 is 1. The third-order valence-corrected chi connectivity index (χ3v) is 5.32. The lowest BCUT2D eigenvalue weighted by atomic mass is 10.1. The summed E-state index contributed by atoms with van der Waals surface area (Å²) in [5.41, 5.74) is 4.55. The van der Waals surface area contributed by atoms with Crippen LogP contribution in [0.25, 0.3) is 21.8 Å². The van der Waals surface area contributed by atoms with E-state index in [9.17, 15) is 0 Å². The molecule has 6 heteroatoms. The molecule has 0 fully saturated rings. The third-order valence-electron chi connectivity index (χ3n) is 5.32. The number of hydrogen-bond acceptors (Lipinski definition) is 6. The first kappa shape index (κ1) is 19.8. The number of anilines is 2. The molecule has 0 bridgehead atoms. The molecule has 0 saturated heterocycles. The molecule has 0 aliphatic carbocycles. The summed E-state index contributed by atoms with van der Waals surface area (Å²) in [5.74, 6) is 3.02. The van der Waals surface area contributed by atoms with Crippen LogP contribution in [0, 0.1) is 13.8 Å². The molecule has 6 nitrogen and oxygen atoms in total. The van der Waals surface area contributed by atoms with Gasteiger partial charge in [-0.3, -0.25) is 0 Å². The van der Waals surface area contributed by atoms with Crippen molar-refractivity contribution in [1.82, 2.24) is 15.0 Å². The van der Waals surface area contributed by atoms with Crippen molar-refractivity contribution in [3.8, 4) is 17.2 Å². The first-order chi connectivity index (χ1) is 15.6. The van der Waals surface area contributed by atoms with Crippen LogP contribution in [0.5, 0.6) is 17.2 Å². The van der Waals surface area contributed by atoms with Gasteiger partial charge in [0.05, 0.1) is 12.6 Å². The number of nitrogens with one attached hydrogen (secondary N) is 1. The number of para-hydroxylation sites is 1. The van der Waals surface area contributed by atoms with Gasteiger partial charge in [-0.15, -0.1) is 0 Å². The Hall–Kier alpha value is -4.19. The fourth-order valence-corrected chi connectivity index (χ4v) is 3.66. The second-order valence-corrected chi connectivity index (χ2v) is 7.59. The van der Waals surface area contributed by atoms with E-state index in [2.05, 4.69) is 26.3 Å². The molecule has 2 heterocycles. The first-order valence-electron chi connectivity index (χ1n) is 10.3. The Morgan fingerprint density at radius 3 is 2.59 bits per heavy atom. The van der Waals surface area contributed by atoms with Crippen LogP contribution in [0.15, 0.2) is 73.1 Å². The van der Waals surface area contributed by atoms with Crippen LogP contribution in [0.3, 0.4) is 0 Å². The number of rotatable bonds is 5. The first-order valence-corrected chi connectivity index (χ1v) is 10.3. The Morgan fingerprint density at radius 1 is 0.844 bits per heavy atom. The predicted molar refractivity (Wildman–Crippen MR) is 127 cm³/mol. The zero-order valence-electron chi connectivity index (χ0n) is 18.1. The van der Waals surface area contributed by atoms with E-state index in [1.54, 1.807) is 13.4 Å². The van der Waals surface area contributed by atoms with Crippen molar-refractivity contribution in [3.63, 3.8) is 0 Å². The number of fused-ring (bicyclic) bond motifs is 2. The molecule has 0 unspecified atom stereocenters. The molecule has 32 heavy (non-hydrogen) atoms. The lowest BCUT2D eigenvalue weighted by molar-refractivity contribution is 0.415. The van der Waals surface area contributed by atoms with Crippen LogP contribution >= 0.6 is 0 Å². The van der Waals surface area contributed by atoms with Crippen LogP contribution in [0.4, 0.5) is 11.5 Å². The molecule has 0 aliphatic heterocycles. The van der Waals surface area contributed by atoms with E-state index < -0.39 is 0 Å². The van der Waals surface area contributed by atoms with Crippen LogP contribution in [0.1, 0.15) is 11.3 Å². The third kappa shape index (κ3) is 3.78. The Balaban J connectivity index is 1.43. The molecule has 0 spiro atoms. The molecular formula is C26H22N4O2. The molecule has 5 rings (SSSR count). The second kappa shape index (κ2) is 8.15. The molecule has 158 valence electrons. The van der Waals surface area contributed by atoms with Gasteiger partial charge in [0.1, 0.15) is 29.2 Å². The molecular weight excluding hydrogens is 400 g/mol. The molecule has 0 saturated carbocycles. The van der Waals surface area contributed by atoms with Crippen molar-refractivity contribution < 1.29 is 9.47 Å². The summed E-state index contributed by atoms with van der Waals surface area (Å²) in [5, 5.41) is 5.37. The largest absolute Gasteiger partial charge is 0.497 e. The summed E-state index contributed by atoms with van der Waals surface area (Å²) in [7, 11) is 1.64. The van der Waals surface area contributed by atoms with Crippen molar-refractivity contribution >= 4 is 33.3 Å². The van der Waals surface area contributed by atoms with Crippen molar-refractivity contribution in [2.24, 2.45) is 0 Å². The number of aromatic nitrogens is 3. The van der Waals surface area contributed by atoms with Crippen molar-refractivity contribution in [2.75, 3.05) is 12.4 Å². The number of hydrogen-bond donors (Lipinski definition) is 1. The highest BCUT2D eigenvalue weighted by molar-refractivity contribution is 5.91. The monoisotopic (exact) mass is 422 g/mol. The van der Waals surface area contributed by atoms with Gasteiger partial charge in [0.2, 0.25) is 0 Å². The fourth-order valence-electron chi connectivity index (χ4n) is 3.66. The van der Waals surface area contributed by atoms with E-state index in [0.29, 0.717) is 0 Å². The average Bonchev–Trinajstić information content (AvgIpc) is 2.81. The van der Waals surface area contributed by atoms with Gasteiger partial charge in [-0.25, -0.2) is 15.0 Å². The SMILES string of the molecule is COc1ccc2c(Nc3ccc(Oc4cccc5ccc(C)nc45)c(C)c3)ncnc2c1. The molecule has 2 aromatic heterocycles. The van der Waals surface area contributed by atoms with Gasteiger partial charge in [-0.2, -0.15) is 0 Å². The molecule has 0 aliphatic rings. The van der Waals surface area contributed by atoms with E-state index in [1.807, 2.05) is 74.5 Å². The minimum atomic E-state index is 0.736. The van der Waals surface area contributed by atoms with Gasteiger partial charge in [0.15, 0.2) is 5.75 Å². The van der Waals surface area contributed by atoms with Crippen LogP contribution in [0.2, 0.25) is 0 Å². The Labute approximate surface area is 185 Å². The molecule has 0 atom stereocenters. The van der Waals surface area contributed by atoms with Crippen molar-refractivity contribution in [2.45, 2.75) is 13.8 Å². The minimum absolute atomic E-state index is 0.736. The van der Waals surface area contributed by atoms with Gasteiger partial charge in [-0.1, -0.05) is 18.2 Å². The van der Waals surface area contributed by atoms with Gasteiger partial charge in [-0.05, 0) is 61.9 Å². The van der Waals surface area contributed by atoms with Crippen LogP contribution in [-0.2, 0) is 0 Å². The molecule has 0 radical (unpaired) electrons. The van der Waals surface area contributed by atoms with Gasteiger partial charge < -0.3 is 14.8 Å². The van der Waals surface area contributed by atoms with Crippen molar-refractivity contribution in [3.05, 3.63) is 84.3 Å². The number of benzene rings is 3. The zero-order chi connectivity index (χ0) is 22.1. The van der Waals surface area contributed by atoms with Crippen molar-refractivity contribution in [1.29, 1.82) is 0 Å². The van der Waals surface area contributed by atoms with Crippen LogP contribution in [-0.4, -0.2) is 22.1 Å². The lowest BCUT2D eigenvalue weighted by Gasteiger charge is -2.13. The number of pyridine rings is 1. The van der Waals surface area contributed by atoms with Crippen LogP contribution < -0.4 is 14.8 Å². The molecule has 3 aromatic carbocycles. The number of ether oxygens (including phenoxy) is 2. The molecule has 1 N–H and O–H groups in total.